The predicted octanol–water partition coefficient (Wildman–Crippen LogP) is 4.63. The van der Waals surface area contributed by atoms with Crippen molar-refractivity contribution in [2.45, 2.75) is 44.4 Å². The summed E-state index contributed by atoms with van der Waals surface area (Å²) in [6, 6.07) is 8.00. The number of carbonyl (C=O) groups excluding carboxylic acids is 1. The van der Waals surface area contributed by atoms with Gasteiger partial charge in [-0.05, 0) is 29.0 Å². The number of rotatable bonds is 7. The zero-order valence-corrected chi connectivity index (χ0v) is 17.1. The highest BCUT2D eigenvalue weighted by Gasteiger charge is 2.13. The van der Waals surface area contributed by atoms with Crippen LogP contribution in [0.5, 0.6) is 0 Å². The largest absolute Gasteiger partial charge is 0.360 e. The molecule has 5 nitrogen and oxygen atoms in total. The molecule has 0 saturated carbocycles. The Kier molecular flexibility index (Phi) is 6.84. The second-order valence-electron chi connectivity index (χ2n) is 7.31. The van der Waals surface area contributed by atoms with Gasteiger partial charge in [-0.3, -0.25) is 4.79 Å². The van der Waals surface area contributed by atoms with Gasteiger partial charge in [0, 0.05) is 12.2 Å². The van der Waals surface area contributed by atoms with Crippen LogP contribution in [0.1, 0.15) is 40.2 Å². The Balaban J connectivity index is 1.81. The average molecular weight is 379 g/mol. The highest BCUT2D eigenvalue weighted by molar-refractivity contribution is 8.01. The van der Waals surface area contributed by atoms with Gasteiger partial charge < -0.3 is 10.6 Å². The van der Waals surface area contributed by atoms with Crippen LogP contribution in [0.4, 0.5) is 10.8 Å². The lowest BCUT2D eigenvalue weighted by atomic mass is 9.87. The average Bonchev–Trinajstić information content (AvgIpc) is 2.98. The van der Waals surface area contributed by atoms with Crippen LogP contribution in [0.25, 0.3) is 0 Å². The first kappa shape index (κ1) is 19.7. The lowest BCUT2D eigenvalue weighted by Crippen LogP contribution is -2.15. The molecule has 0 aliphatic rings. The molecule has 0 fully saturated rings. The molecule has 0 saturated heterocycles. The summed E-state index contributed by atoms with van der Waals surface area (Å²) >= 11 is 2.88. The summed E-state index contributed by atoms with van der Waals surface area (Å²) in [6.07, 6.45) is 0. The van der Waals surface area contributed by atoms with E-state index in [0.717, 1.165) is 21.7 Å². The van der Waals surface area contributed by atoms with Gasteiger partial charge in [-0.2, -0.15) is 0 Å². The lowest BCUT2D eigenvalue weighted by Gasteiger charge is -2.19. The number of hydrogen-bond acceptors (Lipinski definition) is 6. The number of benzene rings is 1. The third-order valence-electron chi connectivity index (χ3n) is 3.43. The van der Waals surface area contributed by atoms with Crippen LogP contribution in [-0.4, -0.2) is 28.4 Å². The van der Waals surface area contributed by atoms with Gasteiger partial charge in [0.1, 0.15) is 0 Å². The van der Waals surface area contributed by atoms with Crippen molar-refractivity contribution >= 4 is 39.8 Å². The minimum atomic E-state index is -0.0413. The van der Waals surface area contributed by atoms with E-state index in [2.05, 4.69) is 67.6 Å². The molecule has 0 bridgehead atoms. The van der Waals surface area contributed by atoms with E-state index in [4.69, 9.17) is 0 Å². The maximum atomic E-state index is 12.1. The molecule has 136 valence electrons. The molecule has 0 atom stereocenters. The summed E-state index contributed by atoms with van der Waals surface area (Å²) in [5.41, 5.74) is 2.17. The summed E-state index contributed by atoms with van der Waals surface area (Å²) < 4.78 is 0.796. The Morgan fingerprint density at radius 2 is 1.88 bits per heavy atom. The van der Waals surface area contributed by atoms with Gasteiger partial charge in [-0.15, -0.1) is 10.2 Å². The van der Waals surface area contributed by atoms with E-state index in [1.54, 1.807) is 0 Å². The SMILES string of the molecule is CC(C)CNc1nnc(SCC(=O)Nc2ccc(C(C)(C)C)cc2)s1. The van der Waals surface area contributed by atoms with Crippen molar-refractivity contribution < 1.29 is 4.79 Å². The molecule has 2 rings (SSSR count). The number of carbonyl (C=O) groups is 1. The zero-order valence-electron chi connectivity index (χ0n) is 15.4. The highest BCUT2D eigenvalue weighted by Crippen LogP contribution is 2.26. The van der Waals surface area contributed by atoms with Gasteiger partial charge in [0.05, 0.1) is 5.75 Å². The van der Waals surface area contributed by atoms with Crippen molar-refractivity contribution in [3.8, 4) is 0 Å². The maximum absolute atomic E-state index is 12.1. The molecule has 1 amide bonds. The third kappa shape index (κ3) is 6.66. The molecule has 7 heteroatoms. The Labute approximate surface area is 158 Å². The summed E-state index contributed by atoms with van der Waals surface area (Å²) in [5, 5.41) is 15.1. The van der Waals surface area contributed by atoms with E-state index in [1.165, 1.54) is 28.7 Å². The summed E-state index contributed by atoms with van der Waals surface area (Å²) in [6.45, 7) is 11.7. The van der Waals surface area contributed by atoms with Crippen LogP contribution in [0, 0.1) is 5.92 Å². The van der Waals surface area contributed by atoms with Crippen molar-refractivity contribution in [2.75, 3.05) is 22.9 Å². The second-order valence-corrected chi connectivity index (χ2v) is 9.51. The molecule has 25 heavy (non-hydrogen) atoms. The first-order valence-electron chi connectivity index (χ1n) is 8.34. The van der Waals surface area contributed by atoms with Gasteiger partial charge in [0.15, 0.2) is 4.34 Å². The maximum Gasteiger partial charge on any atom is 0.234 e. The standard InChI is InChI=1S/C18H26N4OS2/c1-12(2)10-19-16-21-22-17(25-16)24-11-15(23)20-14-8-6-13(7-9-14)18(3,4)5/h6-9,12H,10-11H2,1-5H3,(H,19,21)(H,20,23). The van der Waals surface area contributed by atoms with Gasteiger partial charge in [-0.25, -0.2) is 0 Å². The van der Waals surface area contributed by atoms with Crippen LogP contribution < -0.4 is 10.6 Å². The van der Waals surface area contributed by atoms with E-state index >= 15 is 0 Å². The number of thioether (sulfide) groups is 1. The van der Waals surface area contributed by atoms with Crippen molar-refractivity contribution in [1.29, 1.82) is 0 Å². The van der Waals surface area contributed by atoms with Crippen LogP contribution in [-0.2, 0) is 10.2 Å². The van der Waals surface area contributed by atoms with Crippen molar-refractivity contribution in [3.63, 3.8) is 0 Å². The van der Waals surface area contributed by atoms with Crippen molar-refractivity contribution in [2.24, 2.45) is 5.92 Å². The van der Waals surface area contributed by atoms with Crippen LogP contribution in [0.15, 0.2) is 28.6 Å². The van der Waals surface area contributed by atoms with E-state index in [1.807, 2.05) is 12.1 Å². The third-order valence-corrected chi connectivity index (χ3v) is 5.44. The number of anilines is 2. The lowest BCUT2D eigenvalue weighted by molar-refractivity contribution is -0.113. The summed E-state index contributed by atoms with van der Waals surface area (Å²) in [5.74, 6) is 0.829. The molecule has 0 unspecified atom stereocenters. The summed E-state index contributed by atoms with van der Waals surface area (Å²) in [7, 11) is 0. The van der Waals surface area contributed by atoms with Crippen molar-refractivity contribution in [1.82, 2.24) is 10.2 Å². The number of amides is 1. The molecular formula is C18H26N4OS2. The number of nitrogens with zero attached hydrogens (tertiary/aromatic N) is 2. The zero-order chi connectivity index (χ0) is 18.4. The molecule has 1 aromatic heterocycles. The predicted molar refractivity (Wildman–Crippen MR) is 108 cm³/mol. The minimum Gasteiger partial charge on any atom is -0.360 e. The first-order valence-corrected chi connectivity index (χ1v) is 10.1. The molecule has 2 aromatic rings. The second kappa shape index (κ2) is 8.67. The Bertz CT molecular complexity index is 690. The normalized spacial score (nSPS) is 11.6. The van der Waals surface area contributed by atoms with Gasteiger partial charge in [0.2, 0.25) is 11.0 Å². The topological polar surface area (TPSA) is 66.9 Å². The minimum absolute atomic E-state index is 0.0413. The first-order chi connectivity index (χ1) is 11.7. The smallest absolute Gasteiger partial charge is 0.234 e. The fourth-order valence-electron chi connectivity index (χ4n) is 2.01. The van der Waals surface area contributed by atoms with E-state index in [-0.39, 0.29) is 11.3 Å². The Morgan fingerprint density at radius 1 is 1.20 bits per heavy atom. The molecule has 0 aliphatic heterocycles. The Morgan fingerprint density at radius 3 is 2.48 bits per heavy atom. The molecule has 1 heterocycles. The summed E-state index contributed by atoms with van der Waals surface area (Å²) in [4.78, 5) is 12.1. The Hall–Kier alpha value is -1.60. The number of nitrogens with one attached hydrogen (secondary N) is 2. The van der Waals surface area contributed by atoms with E-state index in [9.17, 15) is 4.79 Å². The fourth-order valence-corrected chi connectivity index (χ4v) is 3.57. The molecule has 2 N–H and O–H groups in total. The van der Waals surface area contributed by atoms with Gasteiger partial charge >= 0.3 is 0 Å². The van der Waals surface area contributed by atoms with Gasteiger partial charge in [0.25, 0.3) is 0 Å². The monoisotopic (exact) mass is 378 g/mol. The van der Waals surface area contributed by atoms with E-state index in [0.29, 0.717) is 11.7 Å². The molecule has 1 aromatic carbocycles. The van der Waals surface area contributed by atoms with Crippen LogP contribution in [0.2, 0.25) is 0 Å². The molecule has 0 aliphatic carbocycles. The van der Waals surface area contributed by atoms with Crippen molar-refractivity contribution in [3.05, 3.63) is 29.8 Å². The fraction of sp³-hybridized carbons (Fsp3) is 0.500. The molecular weight excluding hydrogens is 352 g/mol. The number of hydrogen-bond donors (Lipinski definition) is 2. The quantitative estimate of drug-likeness (QED) is 0.687. The van der Waals surface area contributed by atoms with Gasteiger partial charge in [-0.1, -0.05) is 69.9 Å². The van der Waals surface area contributed by atoms with Crippen LogP contribution >= 0.6 is 23.1 Å². The van der Waals surface area contributed by atoms with Crippen LogP contribution in [0.3, 0.4) is 0 Å². The highest BCUT2D eigenvalue weighted by atomic mass is 32.2. The molecule has 0 spiro atoms. The number of aromatic nitrogens is 2. The van der Waals surface area contributed by atoms with E-state index < -0.39 is 0 Å². The molecule has 0 radical (unpaired) electrons.